The van der Waals surface area contributed by atoms with Crippen LogP contribution in [0, 0.1) is 11.7 Å². The van der Waals surface area contributed by atoms with Gasteiger partial charge >= 0.3 is 0 Å². The van der Waals surface area contributed by atoms with Crippen molar-refractivity contribution in [2.45, 2.75) is 20.4 Å². The highest BCUT2D eigenvalue weighted by atomic mass is 19.1. The summed E-state index contributed by atoms with van der Waals surface area (Å²) in [7, 11) is 1.88. The van der Waals surface area contributed by atoms with Crippen LogP contribution in [0.3, 0.4) is 0 Å². The zero-order valence-electron chi connectivity index (χ0n) is 13.0. The van der Waals surface area contributed by atoms with E-state index in [0.29, 0.717) is 5.92 Å². The van der Waals surface area contributed by atoms with Crippen molar-refractivity contribution in [2.75, 3.05) is 0 Å². The summed E-state index contributed by atoms with van der Waals surface area (Å²) in [6.45, 7) is 5.28. The fraction of sp³-hybridized carbons (Fsp3) is 0.294. The van der Waals surface area contributed by atoms with Gasteiger partial charge in [-0.15, -0.1) is 0 Å². The van der Waals surface area contributed by atoms with Gasteiger partial charge in [0, 0.05) is 30.9 Å². The second-order valence-corrected chi connectivity index (χ2v) is 5.89. The second kappa shape index (κ2) is 5.75. The summed E-state index contributed by atoms with van der Waals surface area (Å²) in [5, 5.41) is 4.34. The summed E-state index contributed by atoms with van der Waals surface area (Å²) in [5.41, 5.74) is 3.70. The fourth-order valence-corrected chi connectivity index (χ4v) is 2.60. The predicted octanol–water partition coefficient (Wildman–Crippen LogP) is 3.75. The van der Waals surface area contributed by atoms with Crippen LogP contribution in [0.5, 0.6) is 0 Å². The minimum atomic E-state index is -0.242. The van der Waals surface area contributed by atoms with Gasteiger partial charge in [0.05, 0.1) is 23.9 Å². The van der Waals surface area contributed by atoms with Crippen LogP contribution in [0.4, 0.5) is 4.39 Å². The smallest absolute Gasteiger partial charge is 0.123 e. The maximum atomic E-state index is 13.1. The van der Waals surface area contributed by atoms with Gasteiger partial charge in [-0.1, -0.05) is 13.8 Å². The standard InChI is InChI=1S/C17H19FN4/c1-12(2)9-22-10-16(19-11-22)15-8-20-21(3)17(15)13-4-6-14(18)7-5-13/h4-8,10-12H,9H2,1-3H3. The van der Waals surface area contributed by atoms with E-state index in [-0.39, 0.29) is 5.82 Å². The van der Waals surface area contributed by atoms with Crippen molar-refractivity contribution in [1.82, 2.24) is 19.3 Å². The van der Waals surface area contributed by atoms with Crippen molar-refractivity contribution in [3.8, 4) is 22.5 Å². The number of benzene rings is 1. The van der Waals surface area contributed by atoms with Gasteiger partial charge in [0.2, 0.25) is 0 Å². The summed E-state index contributed by atoms with van der Waals surface area (Å²) in [6.07, 6.45) is 5.68. The molecule has 2 aromatic heterocycles. The normalized spacial score (nSPS) is 11.3. The fourth-order valence-electron chi connectivity index (χ4n) is 2.60. The van der Waals surface area contributed by atoms with E-state index < -0.39 is 0 Å². The van der Waals surface area contributed by atoms with E-state index in [2.05, 4.69) is 28.5 Å². The van der Waals surface area contributed by atoms with E-state index in [1.165, 1.54) is 12.1 Å². The third kappa shape index (κ3) is 2.79. The van der Waals surface area contributed by atoms with Crippen molar-refractivity contribution in [1.29, 1.82) is 0 Å². The summed E-state index contributed by atoms with van der Waals surface area (Å²) in [5.74, 6) is 0.321. The van der Waals surface area contributed by atoms with Crippen molar-refractivity contribution >= 4 is 0 Å². The van der Waals surface area contributed by atoms with E-state index in [1.54, 1.807) is 23.0 Å². The zero-order valence-corrected chi connectivity index (χ0v) is 13.0. The first-order chi connectivity index (χ1) is 10.5. The Hall–Kier alpha value is -2.43. The predicted molar refractivity (Wildman–Crippen MR) is 84.7 cm³/mol. The Morgan fingerprint density at radius 1 is 1.18 bits per heavy atom. The van der Waals surface area contributed by atoms with Crippen LogP contribution in [-0.2, 0) is 13.6 Å². The monoisotopic (exact) mass is 298 g/mol. The maximum absolute atomic E-state index is 13.1. The molecule has 0 bridgehead atoms. The van der Waals surface area contributed by atoms with Gasteiger partial charge in [0.1, 0.15) is 5.82 Å². The van der Waals surface area contributed by atoms with Crippen molar-refractivity contribution < 1.29 is 4.39 Å². The molecule has 0 saturated carbocycles. The molecule has 0 fully saturated rings. The highest BCUT2D eigenvalue weighted by Crippen LogP contribution is 2.30. The number of nitrogens with zero attached hydrogens (tertiary/aromatic N) is 4. The second-order valence-electron chi connectivity index (χ2n) is 5.89. The molecule has 3 aromatic rings. The number of imidazole rings is 1. The van der Waals surface area contributed by atoms with Crippen LogP contribution in [0.25, 0.3) is 22.5 Å². The van der Waals surface area contributed by atoms with Gasteiger partial charge in [0.15, 0.2) is 0 Å². The average molecular weight is 298 g/mol. The SMILES string of the molecule is CC(C)Cn1cnc(-c2cnn(C)c2-c2ccc(F)cc2)c1. The summed E-state index contributed by atoms with van der Waals surface area (Å²) < 4.78 is 17.0. The van der Waals surface area contributed by atoms with Crippen molar-refractivity contribution in [3.05, 3.63) is 48.8 Å². The largest absolute Gasteiger partial charge is 0.337 e. The van der Waals surface area contributed by atoms with Gasteiger partial charge in [-0.25, -0.2) is 9.37 Å². The number of aryl methyl sites for hydroxylation is 1. The van der Waals surface area contributed by atoms with E-state index in [1.807, 2.05) is 19.6 Å². The topological polar surface area (TPSA) is 35.6 Å². The first kappa shape index (κ1) is 14.5. The number of aromatic nitrogens is 4. The molecule has 4 nitrogen and oxygen atoms in total. The average Bonchev–Trinajstić information content (AvgIpc) is 3.06. The lowest BCUT2D eigenvalue weighted by atomic mass is 10.1. The number of rotatable bonds is 4. The maximum Gasteiger partial charge on any atom is 0.123 e. The first-order valence-electron chi connectivity index (χ1n) is 7.34. The molecule has 1 aromatic carbocycles. The van der Waals surface area contributed by atoms with Crippen LogP contribution >= 0.6 is 0 Å². The van der Waals surface area contributed by atoms with Crippen molar-refractivity contribution in [3.63, 3.8) is 0 Å². The molecule has 0 amide bonds. The Bertz CT molecular complexity index is 768. The molecule has 22 heavy (non-hydrogen) atoms. The van der Waals surface area contributed by atoms with Gasteiger partial charge in [-0.3, -0.25) is 4.68 Å². The van der Waals surface area contributed by atoms with Crippen molar-refractivity contribution in [2.24, 2.45) is 13.0 Å². The van der Waals surface area contributed by atoms with Crippen LogP contribution in [0.2, 0.25) is 0 Å². The third-order valence-electron chi connectivity index (χ3n) is 3.54. The molecular formula is C17H19FN4. The lowest BCUT2D eigenvalue weighted by Gasteiger charge is -2.06. The Labute approximate surface area is 129 Å². The third-order valence-corrected chi connectivity index (χ3v) is 3.54. The zero-order chi connectivity index (χ0) is 15.7. The molecule has 0 radical (unpaired) electrons. The van der Waals surface area contributed by atoms with E-state index in [0.717, 1.165) is 29.1 Å². The summed E-state index contributed by atoms with van der Waals surface area (Å²) in [4.78, 5) is 4.49. The molecule has 0 N–H and O–H groups in total. The summed E-state index contributed by atoms with van der Waals surface area (Å²) in [6, 6.07) is 6.45. The Morgan fingerprint density at radius 2 is 1.91 bits per heavy atom. The number of hydrogen-bond acceptors (Lipinski definition) is 2. The molecule has 0 atom stereocenters. The molecule has 0 unspecified atom stereocenters. The minimum Gasteiger partial charge on any atom is -0.337 e. The molecular weight excluding hydrogens is 279 g/mol. The van der Waals surface area contributed by atoms with Gasteiger partial charge in [-0.2, -0.15) is 5.10 Å². The minimum absolute atomic E-state index is 0.242. The van der Waals surface area contributed by atoms with Gasteiger partial charge < -0.3 is 4.57 Å². The van der Waals surface area contributed by atoms with Crippen LogP contribution < -0.4 is 0 Å². The molecule has 0 aliphatic carbocycles. The molecule has 2 heterocycles. The molecule has 5 heteroatoms. The molecule has 0 aliphatic heterocycles. The number of halogens is 1. The Balaban J connectivity index is 2.02. The number of hydrogen-bond donors (Lipinski definition) is 0. The molecule has 0 saturated heterocycles. The van der Waals surface area contributed by atoms with Gasteiger partial charge in [0.25, 0.3) is 0 Å². The van der Waals surface area contributed by atoms with Crippen LogP contribution in [0.15, 0.2) is 43.0 Å². The molecule has 0 spiro atoms. The highest BCUT2D eigenvalue weighted by molar-refractivity contribution is 5.78. The van der Waals surface area contributed by atoms with E-state index in [4.69, 9.17) is 0 Å². The van der Waals surface area contributed by atoms with Crippen LogP contribution in [-0.4, -0.2) is 19.3 Å². The highest BCUT2D eigenvalue weighted by Gasteiger charge is 2.15. The Morgan fingerprint density at radius 3 is 2.59 bits per heavy atom. The van der Waals surface area contributed by atoms with E-state index in [9.17, 15) is 4.39 Å². The molecule has 3 rings (SSSR count). The molecule has 0 aliphatic rings. The summed E-state index contributed by atoms with van der Waals surface area (Å²) >= 11 is 0. The lowest BCUT2D eigenvalue weighted by molar-refractivity contribution is 0.523. The van der Waals surface area contributed by atoms with Gasteiger partial charge in [-0.05, 0) is 30.2 Å². The van der Waals surface area contributed by atoms with Crippen LogP contribution in [0.1, 0.15) is 13.8 Å². The lowest BCUT2D eigenvalue weighted by Crippen LogP contribution is -2.01. The van der Waals surface area contributed by atoms with E-state index >= 15 is 0 Å². The quantitative estimate of drug-likeness (QED) is 0.735. The first-order valence-corrected chi connectivity index (χ1v) is 7.34. The molecule has 114 valence electrons. The Kier molecular flexibility index (Phi) is 3.79.